The fourth-order valence-corrected chi connectivity index (χ4v) is 1.13. The number of nitrogens with one attached hydrogen (secondary N) is 2. The Hall–Kier alpha value is -1.98. The lowest BCUT2D eigenvalue weighted by molar-refractivity contribution is 0.549. The van der Waals surface area contributed by atoms with Crippen LogP contribution in [0.15, 0.2) is 24.5 Å². The van der Waals surface area contributed by atoms with Gasteiger partial charge in [0.2, 0.25) is 0 Å². The number of hydrogen-bond acceptors (Lipinski definition) is 2. The Labute approximate surface area is 82.9 Å². The van der Waals surface area contributed by atoms with Crippen molar-refractivity contribution in [3.63, 3.8) is 0 Å². The van der Waals surface area contributed by atoms with Gasteiger partial charge in [-0.25, -0.2) is 13.2 Å². The van der Waals surface area contributed by atoms with Crippen LogP contribution >= 0.6 is 0 Å². The zero-order chi connectivity index (χ0) is 10.8. The molecule has 15 heavy (non-hydrogen) atoms. The molecule has 1 aromatic heterocycles. The summed E-state index contributed by atoms with van der Waals surface area (Å²) in [7, 11) is 0. The second-order valence-electron chi connectivity index (χ2n) is 2.86. The van der Waals surface area contributed by atoms with Crippen molar-refractivity contribution in [2.24, 2.45) is 0 Å². The molecule has 0 fully saturated rings. The summed E-state index contributed by atoms with van der Waals surface area (Å²) < 4.78 is 38.8. The van der Waals surface area contributed by atoms with Crippen molar-refractivity contribution in [1.82, 2.24) is 10.2 Å². The monoisotopic (exact) mass is 213 g/mol. The molecule has 78 valence electrons. The Balaban J connectivity index is 2.36. The summed E-state index contributed by atoms with van der Waals surface area (Å²) >= 11 is 0. The average molecular weight is 213 g/mol. The van der Waals surface area contributed by atoms with E-state index in [1.165, 1.54) is 12.4 Å². The number of aromatic amines is 1. The number of anilines is 2. The lowest BCUT2D eigenvalue weighted by Crippen LogP contribution is -1.97. The first-order valence-electron chi connectivity index (χ1n) is 4.07. The molecule has 0 spiro atoms. The van der Waals surface area contributed by atoms with Crippen molar-refractivity contribution < 1.29 is 13.2 Å². The minimum absolute atomic E-state index is 0.388. The van der Waals surface area contributed by atoms with Gasteiger partial charge >= 0.3 is 0 Å². The second-order valence-corrected chi connectivity index (χ2v) is 2.86. The fourth-order valence-electron chi connectivity index (χ4n) is 1.13. The molecule has 1 heterocycles. The molecular formula is C9H6F3N3. The van der Waals surface area contributed by atoms with Crippen LogP contribution in [0.25, 0.3) is 0 Å². The Morgan fingerprint density at radius 1 is 1.13 bits per heavy atom. The average Bonchev–Trinajstić information content (AvgIpc) is 2.63. The molecule has 0 unspecified atom stereocenters. The van der Waals surface area contributed by atoms with Crippen molar-refractivity contribution in [3.05, 3.63) is 42.0 Å². The summed E-state index contributed by atoms with van der Waals surface area (Å²) in [5, 5.41) is 8.49. The van der Waals surface area contributed by atoms with Gasteiger partial charge in [0.15, 0.2) is 11.6 Å². The molecule has 2 rings (SSSR count). The lowest BCUT2D eigenvalue weighted by Gasteiger charge is -2.06. The highest BCUT2D eigenvalue weighted by Crippen LogP contribution is 2.23. The Bertz CT molecular complexity index is 444. The first-order valence-corrected chi connectivity index (χ1v) is 4.07. The van der Waals surface area contributed by atoms with E-state index in [2.05, 4.69) is 15.5 Å². The molecular weight excluding hydrogens is 207 g/mol. The van der Waals surface area contributed by atoms with Gasteiger partial charge in [-0.3, -0.25) is 5.10 Å². The maximum Gasteiger partial charge on any atom is 0.152 e. The third-order valence-electron chi connectivity index (χ3n) is 1.77. The normalized spacial score (nSPS) is 10.3. The Morgan fingerprint density at radius 2 is 1.80 bits per heavy atom. The molecule has 0 aliphatic carbocycles. The van der Waals surface area contributed by atoms with Crippen molar-refractivity contribution in [3.8, 4) is 0 Å². The van der Waals surface area contributed by atoms with E-state index >= 15 is 0 Å². The third kappa shape index (κ3) is 1.93. The minimum atomic E-state index is -0.992. The minimum Gasteiger partial charge on any atom is -0.348 e. The largest absolute Gasteiger partial charge is 0.348 e. The number of nitrogens with zero attached hydrogens (tertiary/aromatic N) is 1. The summed E-state index contributed by atoms with van der Waals surface area (Å²) in [6.07, 6.45) is 2.77. The summed E-state index contributed by atoms with van der Waals surface area (Å²) in [5.74, 6) is -2.94. The van der Waals surface area contributed by atoms with Gasteiger partial charge in [0, 0.05) is 18.3 Å². The second kappa shape index (κ2) is 3.64. The molecule has 1 aromatic carbocycles. The number of aromatic nitrogens is 2. The van der Waals surface area contributed by atoms with Crippen LogP contribution in [0.4, 0.5) is 24.5 Å². The molecule has 0 radical (unpaired) electrons. The predicted molar refractivity (Wildman–Crippen MR) is 48.2 cm³/mol. The van der Waals surface area contributed by atoms with Gasteiger partial charge in [-0.15, -0.1) is 0 Å². The predicted octanol–water partition coefficient (Wildman–Crippen LogP) is 2.57. The number of hydrogen-bond donors (Lipinski definition) is 2. The standard InChI is InChI=1S/C9H6F3N3/c10-5-1-7(11)9(8(12)2-5)15-6-3-13-14-4-6/h1-4,15H,(H,13,14). The SMILES string of the molecule is Fc1cc(F)c(Nc2cn[nH]c2)c(F)c1. The lowest BCUT2D eigenvalue weighted by atomic mass is 10.2. The van der Waals surface area contributed by atoms with Crippen molar-refractivity contribution in [1.29, 1.82) is 0 Å². The van der Waals surface area contributed by atoms with Crippen LogP contribution in [0.3, 0.4) is 0 Å². The third-order valence-corrected chi connectivity index (χ3v) is 1.77. The van der Waals surface area contributed by atoms with Gasteiger partial charge < -0.3 is 5.32 Å². The number of H-pyrrole nitrogens is 1. The van der Waals surface area contributed by atoms with E-state index in [1.807, 2.05) is 0 Å². The van der Waals surface area contributed by atoms with Gasteiger partial charge in [0.05, 0.1) is 11.9 Å². The fraction of sp³-hybridized carbons (Fsp3) is 0. The molecule has 0 atom stereocenters. The van der Waals surface area contributed by atoms with Gasteiger partial charge in [0.25, 0.3) is 0 Å². The molecule has 0 bridgehead atoms. The molecule has 0 saturated heterocycles. The van der Waals surface area contributed by atoms with E-state index < -0.39 is 23.1 Å². The van der Waals surface area contributed by atoms with Gasteiger partial charge in [-0.1, -0.05) is 0 Å². The van der Waals surface area contributed by atoms with Crippen molar-refractivity contribution in [2.45, 2.75) is 0 Å². The van der Waals surface area contributed by atoms with E-state index in [0.29, 0.717) is 17.8 Å². The molecule has 2 N–H and O–H groups in total. The summed E-state index contributed by atoms with van der Waals surface area (Å²) in [6, 6.07) is 1.21. The van der Waals surface area contributed by atoms with Crippen LogP contribution in [0.1, 0.15) is 0 Å². The topological polar surface area (TPSA) is 40.7 Å². The molecule has 2 aromatic rings. The van der Waals surface area contributed by atoms with E-state index in [1.54, 1.807) is 0 Å². The van der Waals surface area contributed by atoms with Crippen LogP contribution in [-0.2, 0) is 0 Å². The van der Waals surface area contributed by atoms with Crippen LogP contribution in [-0.4, -0.2) is 10.2 Å². The van der Waals surface area contributed by atoms with Gasteiger partial charge in [-0.2, -0.15) is 5.10 Å². The first kappa shape index (κ1) is 9.57. The molecule has 0 aliphatic heterocycles. The van der Waals surface area contributed by atoms with E-state index in [4.69, 9.17) is 0 Å². The van der Waals surface area contributed by atoms with Crippen LogP contribution in [0, 0.1) is 17.5 Å². The maximum atomic E-state index is 13.1. The molecule has 0 saturated carbocycles. The summed E-state index contributed by atoms with van der Waals surface area (Å²) in [4.78, 5) is 0. The van der Waals surface area contributed by atoms with Crippen LogP contribution < -0.4 is 5.32 Å². The molecule has 0 amide bonds. The number of rotatable bonds is 2. The summed E-state index contributed by atoms with van der Waals surface area (Å²) in [6.45, 7) is 0. The highest BCUT2D eigenvalue weighted by Gasteiger charge is 2.11. The zero-order valence-corrected chi connectivity index (χ0v) is 7.39. The summed E-state index contributed by atoms with van der Waals surface area (Å²) in [5.41, 5.74) is -0.0165. The highest BCUT2D eigenvalue weighted by molar-refractivity contribution is 5.59. The van der Waals surface area contributed by atoms with Crippen molar-refractivity contribution in [2.75, 3.05) is 5.32 Å². The van der Waals surface area contributed by atoms with Crippen LogP contribution in [0.2, 0.25) is 0 Å². The Morgan fingerprint density at radius 3 is 2.33 bits per heavy atom. The first-order chi connectivity index (χ1) is 7.16. The van der Waals surface area contributed by atoms with E-state index in [0.717, 1.165) is 0 Å². The van der Waals surface area contributed by atoms with E-state index in [9.17, 15) is 13.2 Å². The Kier molecular flexibility index (Phi) is 2.32. The maximum absolute atomic E-state index is 13.1. The zero-order valence-electron chi connectivity index (χ0n) is 7.39. The van der Waals surface area contributed by atoms with Crippen molar-refractivity contribution >= 4 is 11.4 Å². The van der Waals surface area contributed by atoms with Gasteiger partial charge in [0.1, 0.15) is 11.5 Å². The molecule has 3 nitrogen and oxygen atoms in total. The molecule has 0 aliphatic rings. The van der Waals surface area contributed by atoms with E-state index in [-0.39, 0.29) is 0 Å². The van der Waals surface area contributed by atoms with Crippen LogP contribution in [0.5, 0.6) is 0 Å². The number of benzene rings is 1. The highest BCUT2D eigenvalue weighted by atomic mass is 19.1. The molecule has 6 heteroatoms. The van der Waals surface area contributed by atoms with Gasteiger partial charge in [-0.05, 0) is 0 Å². The quantitative estimate of drug-likeness (QED) is 0.804. The number of halogens is 3. The smallest absolute Gasteiger partial charge is 0.152 e.